The van der Waals surface area contributed by atoms with Gasteiger partial charge in [0, 0.05) is 10.4 Å². The Morgan fingerprint density at radius 1 is 1.28 bits per heavy atom. The Bertz CT molecular complexity index is 1010. The molecule has 0 N–H and O–H groups in total. The number of aromatic nitrogens is 2. The van der Waals surface area contributed by atoms with Gasteiger partial charge in [-0.1, -0.05) is 12.1 Å². The van der Waals surface area contributed by atoms with Crippen molar-refractivity contribution in [2.24, 2.45) is 0 Å². The SMILES string of the molecule is CCOC(=O)Cn1c(C)nc2sc(C)c(-c3ccc(F)cc3)c2c1=O. The number of carbonyl (C=O) groups is 1. The van der Waals surface area contributed by atoms with Crippen LogP contribution in [0.4, 0.5) is 4.39 Å². The highest BCUT2D eigenvalue weighted by atomic mass is 32.1. The van der Waals surface area contributed by atoms with E-state index in [2.05, 4.69) is 4.98 Å². The van der Waals surface area contributed by atoms with Gasteiger partial charge in [0.1, 0.15) is 23.0 Å². The number of benzene rings is 1. The lowest BCUT2D eigenvalue weighted by Gasteiger charge is -2.09. The molecule has 0 aliphatic heterocycles. The molecule has 0 aliphatic carbocycles. The van der Waals surface area contributed by atoms with E-state index in [1.165, 1.54) is 28.0 Å². The van der Waals surface area contributed by atoms with Gasteiger partial charge in [0.05, 0.1) is 12.0 Å². The third-order valence-corrected chi connectivity index (χ3v) is 4.90. The van der Waals surface area contributed by atoms with E-state index in [0.29, 0.717) is 16.0 Å². The zero-order valence-corrected chi connectivity index (χ0v) is 14.9. The summed E-state index contributed by atoms with van der Waals surface area (Å²) >= 11 is 1.41. The summed E-state index contributed by atoms with van der Waals surface area (Å²) in [5.41, 5.74) is 1.19. The molecule has 0 saturated heterocycles. The zero-order chi connectivity index (χ0) is 18.1. The Morgan fingerprint density at radius 2 is 1.96 bits per heavy atom. The highest BCUT2D eigenvalue weighted by Crippen LogP contribution is 2.35. The molecule has 0 fully saturated rings. The molecule has 0 aliphatic rings. The van der Waals surface area contributed by atoms with Crippen molar-refractivity contribution in [3.8, 4) is 11.1 Å². The number of esters is 1. The molecule has 25 heavy (non-hydrogen) atoms. The first kappa shape index (κ1) is 17.3. The van der Waals surface area contributed by atoms with Crippen molar-refractivity contribution in [1.82, 2.24) is 9.55 Å². The Hall–Kier alpha value is -2.54. The second-order valence-corrected chi connectivity index (χ2v) is 6.78. The van der Waals surface area contributed by atoms with E-state index in [4.69, 9.17) is 4.74 Å². The van der Waals surface area contributed by atoms with Crippen molar-refractivity contribution in [1.29, 1.82) is 0 Å². The van der Waals surface area contributed by atoms with E-state index in [-0.39, 0.29) is 24.5 Å². The number of aryl methyl sites for hydroxylation is 2. The molecule has 130 valence electrons. The second kappa shape index (κ2) is 6.76. The van der Waals surface area contributed by atoms with Crippen molar-refractivity contribution >= 4 is 27.5 Å². The number of ether oxygens (including phenoxy) is 1. The first-order valence-corrected chi connectivity index (χ1v) is 8.66. The van der Waals surface area contributed by atoms with Crippen molar-refractivity contribution in [2.45, 2.75) is 27.3 Å². The molecule has 2 heterocycles. The largest absolute Gasteiger partial charge is 0.465 e. The summed E-state index contributed by atoms with van der Waals surface area (Å²) in [6.45, 7) is 5.37. The topological polar surface area (TPSA) is 61.2 Å². The summed E-state index contributed by atoms with van der Waals surface area (Å²) in [5, 5.41) is 0.448. The van der Waals surface area contributed by atoms with Gasteiger partial charge in [-0.25, -0.2) is 9.37 Å². The highest BCUT2D eigenvalue weighted by molar-refractivity contribution is 7.19. The first-order valence-electron chi connectivity index (χ1n) is 7.84. The first-order chi connectivity index (χ1) is 11.9. The maximum Gasteiger partial charge on any atom is 0.326 e. The number of carbonyl (C=O) groups excluding carboxylic acids is 1. The smallest absolute Gasteiger partial charge is 0.326 e. The quantitative estimate of drug-likeness (QED) is 0.669. The van der Waals surface area contributed by atoms with Crippen LogP contribution in [0, 0.1) is 19.7 Å². The van der Waals surface area contributed by atoms with Crippen LogP contribution in [0.1, 0.15) is 17.6 Å². The van der Waals surface area contributed by atoms with Gasteiger partial charge in [-0.15, -0.1) is 11.3 Å². The van der Waals surface area contributed by atoms with Crippen molar-refractivity contribution in [3.05, 3.63) is 51.1 Å². The second-order valence-electron chi connectivity index (χ2n) is 5.58. The average Bonchev–Trinajstić information content (AvgIpc) is 2.88. The van der Waals surface area contributed by atoms with Gasteiger partial charge in [0.25, 0.3) is 5.56 Å². The molecule has 5 nitrogen and oxygen atoms in total. The zero-order valence-electron chi connectivity index (χ0n) is 14.1. The van der Waals surface area contributed by atoms with Crippen molar-refractivity contribution < 1.29 is 13.9 Å². The van der Waals surface area contributed by atoms with Crippen LogP contribution in [0.2, 0.25) is 0 Å². The summed E-state index contributed by atoms with van der Waals surface area (Å²) in [6.07, 6.45) is 0. The van der Waals surface area contributed by atoms with Gasteiger partial charge in [-0.3, -0.25) is 14.2 Å². The predicted octanol–water partition coefficient (Wildman–Crippen LogP) is 3.44. The molecule has 3 rings (SSSR count). The van der Waals surface area contributed by atoms with Crippen LogP contribution >= 0.6 is 11.3 Å². The van der Waals surface area contributed by atoms with E-state index in [1.807, 2.05) is 6.92 Å². The van der Waals surface area contributed by atoms with Crippen LogP contribution in [-0.4, -0.2) is 22.1 Å². The van der Waals surface area contributed by atoms with E-state index >= 15 is 0 Å². The number of halogens is 1. The maximum absolute atomic E-state index is 13.2. The van der Waals surface area contributed by atoms with E-state index in [0.717, 1.165) is 16.0 Å². The van der Waals surface area contributed by atoms with Crippen LogP contribution in [0.3, 0.4) is 0 Å². The normalized spacial score (nSPS) is 11.0. The molecule has 0 atom stereocenters. The molecule has 1 aromatic carbocycles. The standard InChI is InChI=1S/C18H17FN2O3S/c1-4-24-14(22)9-21-11(3)20-17-16(18(21)23)15(10(2)25-17)12-5-7-13(19)8-6-12/h5-8H,4,9H2,1-3H3. The fourth-order valence-corrected chi connectivity index (χ4v) is 3.86. The van der Waals surface area contributed by atoms with Crippen LogP contribution in [0.15, 0.2) is 29.1 Å². The molecule has 0 unspecified atom stereocenters. The molecule has 0 amide bonds. The lowest BCUT2D eigenvalue weighted by atomic mass is 10.0. The van der Waals surface area contributed by atoms with Crippen LogP contribution in [-0.2, 0) is 16.1 Å². The lowest BCUT2D eigenvalue weighted by Crippen LogP contribution is -2.28. The summed E-state index contributed by atoms with van der Waals surface area (Å²) in [4.78, 5) is 30.8. The number of rotatable bonds is 4. The van der Waals surface area contributed by atoms with Gasteiger partial charge in [0.2, 0.25) is 0 Å². The fourth-order valence-electron chi connectivity index (χ4n) is 2.78. The predicted molar refractivity (Wildman–Crippen MR) is 95.4 cm³/mol. The van der Waals surface area contributed by atoms with Crippen molar-refractivity contribution in [3.63, 3.8) is 0 Å². The monoisotopic (exact) mass is 360 g/mol. The van der Waals surface area contributed by atoms with Crippen LogP contribution in [0.25, 0.3) is 21.3 Å². The third-order valence-electron chi connectivity index (χ3n) is 3.90. The van der Waals surface area contributed by atoms with Gasteiger partial charge >= 0.3 is 5.97 Å². The summed E-state index contributed by atoms with van der Waals surface area (Å²) in [6, 6.07) is 5.99. The lowest BCUT2D eigenvalue weighted by molar-refractivity contribution is -0.143. The Balaban J connectivity index is 2.22. The minimum atomic E-state index is -0.482. The number of hydrogen-bond acceptors (Lipinski definition) is 5. The Kier molecular flexibility index (Phi) is 4.67. The van der Waals surface area contributed by atoms with E-state index < -0.39 is 5.97 Å². The number of fused-ring (bicyclic) bond motifs is 1. The molecular formula is C18H17FN2O3S. The average molecular weight is 360 g/mol. The van der Waals surface area contributed by atoms with Gasteiger partial charge in [-0.05, 0) is 38.5 Å². The highest BCUT2D eigenvalue weighted by Gasteiger charge is 2.19. The van der Waals surface area contributed by atoms with E-state index in [9.17, 15) is 14.0 Å². The number of thiophene rings is 1. The molecule has 0 spiro atoms. The Labute approximate surface area is 147 Å². The van der Waals surface area contributed by atoms with Gasteiger partial charge in [-0.2, -0.15) is 0 Å². The molecule has 0 bridgehead atoms. The molecule has 0 saturated carbocycles. The van der Waals surface area contributed by atoms with Crippen LogP contribution in [0.5, 0.6) is 0 Å². The fraction of sp³-hybridized carbons (Fsp3) is 0.278. The number of nitrogens with zero attached hydrogens (tertiary/aromatic N) is 2. The van der Waals surface area contributed by atoms with Gasteiger partial charge in [0.15, 0.2) is 0 Å². The summed E-state index contributed by atoms with van der Waals surface area (Å²) in [7, 11) is 0. The van der Waals surface area contributed by atoms with Crippen molar-refractivity contribution in [2.75, 3.05) is 6.61 Å². The van der Waals surface area contributed by atoms with Gasteiger partial charge < -0.3 is 4.74 Å². The molecule has 7 heteroatoms. The molecule has 0 radical (unpaired) electrons. The summed E-state index contributed by atoms with van der Waals surface area (Å²) < 4.78 is 19.5. The summed E-state index contributed by atoms with van der Waals surface area (Å²) in [5.74, 6) is -0.365. The maximum atomic E-state index is 13.2. The van der Waals surface area contributed by atoms with Crippen LogP contribution < -0.4 is 5.56 Å². The van der Waals surface area contributed by atoms with E-state index in [1.54, 1.807) is 26.0 Å². The molecule has 3 aromatic rings. The Morgan fingerprint density at radius 3 is 2.60 bits per heavy atom. The number of hydrogen-bond donors (Lipinski definition) is 0. The molecule has 2 aromatic heterocycles. The molecular weight excluding hydrogens is 343 g/mol. The third kappa shape index (κ3) is 3.19. The minimum Gasteiger partial charge on any atom is -0.465 e. The minimum absolute atomic E-state index is 0.181.